The third kappa shape index (κ3) is 3.94. The monoisotopic (exact) mass is 348 g/mol. The molecule has 0 bridgehead atoms. The molecule has 1 fully saturated rings. The molecule has 24 heavy (non-hydrogen) atoms. The van der Waals surface area contributed by atoms with Crippen LogP contribution in [0.25, 0.3) is 5.69 Å². The second kappa shape index (κ2) is 6.64. The standard InChI is InChI=1S/C16H20N4O3S/c1-19(16(21)18-14-7-8-24(22,23)12-14)10-13-9-17-20(11-13)15-5-3-2-4-6-15/h2-6,9,11,14H,7-8,10,12H2,1H3,(H,18,21). The van der Waals surface area contributed by atoms with E-state index in [0.29, 0.717) is 13.0 Å². The van der Waals surface area contributed by atoms with Crippen LogP contribution in [0.15, 0.2) is 42.7 Å². The van der Waals surface area contributed by atoms with Crippen LogP contribution in [0.5, 0.6) is 0 Å². The van der Waals surface area contributed by atoms with E-state index >= 15 is 0 Å². The fourth-order valence-electron chi connectivity index (χ4n) is 2.70. The number of nitrogens with zero attached hydrogens (tertiary/aromatic N) is 3. The normalized spacial score (nSPS) is 19.1. The number of carbonyl (C=O) groups excluding carboxylic acids is 1. The lowest BCUT2D eigenvalue weighted by Crippen LogP contribution is -2.43. The van der Waals surface area contributed by atoms with E-state index in [2.05, 4.69) is 10.4 Å². The summed E-state index contributed by atoms with van der Waals surface area (Å²) in [5, 5.41) is 7.07. The third-order valence-corrected chi connectivity index (χ3v) is 5.75. The lowest BCUT2D eigenvalue weighted by Gasteiger charge is -2.19. The van der Waals surface area contributed by atoms with Crippen LogP contribution in [-0.2, 0) is 16.4 Å². The summed E-state index contributed by atoms with van der Waals surface area (Å²) in [5.74, 6) is 0.171. The first kappa shape index (κ1) is 16.5. The van der Waals surface area contributed by atoms with Gasteiger partial charge >= 0.3 is 6.03 Å². The van der Waals surface area contributed by atoms with Crippen LogP contribution in [0.4, 0.5) is 4.79 Å². The van der Waals surface area contributed by atoms with Gasteiger partial charge in [-0.2, -0.15) is 5.10 Å². The highest BCUT2D eigenvalue weighted by Crippen LogP contribution is 2.12. The van der Waals surface area contributed by atoms with E-state index in [1.807, 2.05) is 36.5 Å². The number of benzene rings is 1. The highest BCUT2D eigenvalue weighted by Gasteiger charge is 2.29. The Labute approximate surface area is 141 Å². The zero-order chi connectivity index (χ0) is 17.2. The van der Waals surface area contributed by atoms with Gasteiger partial charge in [0.05, 0.1) is 29.9 Å². The van der Waals surface area contributed by atoms with Crippen molar-refractivity contribution in [2.75, 3.05) is 18.6 Å². The van der Waals surface area contributed by atoms with E-state index in [9.17, 15) is 13.2 Å². The van der Waals surface area contributed by atoms with E-state index in [1.165, 1.54) is 4.90 Å². The number of sulfone groups is 1. The molecule has 0 spiro atoms. The summed E-state index contributed by atoms with van der Waals surface area (Å²) >= 11 is 0. The molecule has 2 heterocycles. The number of hydrogen-bond donors (Lipinski definition) is 1. The first-order chi connectivity index (χ1) is 11.4. The molecular formula is C16H20N4O3S. The molecule has 0 saturated carbocycles. The van der Waals surface area contributed by atoms with E-state index in [4.69, 9.17) is 0 Å². The molecule has 1 aliphatic heterocycles. The molecule has 1 aromatic heterocycles. The fourth-order valence-corrected chi connectivity index (χ4v) is 4.38. The summed E-state index contributed by atoms with van der Waals surface area (Å²) in [4.78, 5) is 13.7. The quantitative estimate of drug-likeness (QED) is 0.900. The second-order valence-corrected chi connectivity index (χ2v) is 8.26. The summed E-state index contributed by atoms with van der Waals surface area (Å²) < 4.78 is 24.6. The topological polar surface area (TPSA) is 84.3 Å². The number of para-hydroxylation sites is 1. The molecule has 128 valence electrons. The van der Waals surface area contributed by atoms with Gasteiger partial charge in [0.15, 0.2) is 9.84 Å². The molecule has 1 unspecified atom stereocenters. The van der Waals surface area contributed by atoms with Crippen LogP contribution in [0, 0.1) is 0 Å². The first-order valence-electron chi connectivity index (χ1n) is 7.74. The number of aromatic nitrogens is 2. The van der Waals surface area contributed by atoms with Crippen molar-refractivity contribution in [2.24, 2.45) is 0 Å². The van der Waals surface area contributed by atoms with Gasteiger partial charge in [0, 0.05) is 24.8 Å². The van der Waals surface area contributed by atoms with E-state index < -0.39 is 9.84 Å². The summed E-state index contributed by atoms with van der Waals surface area (Å²) in [7, 11) is -1.32. The Balaban J connectivity index is 1.58. The van der Waals surface area contributed by atoms with Crippen molar-refractivity contribution < 1.29 is 13.2 Å². The minimum absolute atomic E-state index is 0.0263. The second-order valence-electron chi connectivity index (χ2n) is 6.03. The minimum atomic E-state index is -3.00. The van der Waals surface area contributed by atoms with Gasteiger partial charge in [0.2, 0.25) is 0 Å². The molecule has 1 saturated heterocycles. The highest BCUT2D eigenvalue weighted by atomic mass is 32.2. The molecule has 7 nitrogen and oxygen atoms in total. The van der Waals surface area contributed by atoms with Crippen LogP contribution in [0.1, 0.15) is 12.0 Å². The molecule has 1 atom stereocenters. The van der Waals surface area contributed by atoms with Crippen molar-refractivity contribution in [2.45, 2.75) is 19.0 Å². The van der Waals surface area contributed by atoms with Crippen LogP contribution in [0.3, 0.4) is 0 Å². The van der Waals surface area contributed by atoms with Crippen LogP contribution in [-0.4, -0.2) is 53.7 Å². The number of hydrogen-bond acceptors (Lipinski definition) is 4. The lowest BCUT2D eigenvalue weighted by atomic mass is 10.3. The smallest absolute Gasteiger partial charge is 0.317 e. The molecule has 2 amide bonds. The van der Waals surface area contributed by atoms with Crippen molar-refractivity contribution in [3.8, 4) is 5.69 Å². The molecule has 1 aromatic carbocycles. The molecule has 2 aromatic rings. The summed E-state index contributed by atoms with van der Waals surface area (Å²) in [5.41, 5.74) is 1.85. The van der Waals surface area contributed by atoms with Crippen molar-refractivity contribution in [3.63, 3.8) is 0 Å². The predicted molar refractivity (Wildman–Crippen MR) is 90.6 cm³/mol. The Hall–Kier alpha value is -2.35. The van der Waals surface area contributed by atoms with Gasteiger partial charge in [-0.15, -0.1) is 0 Å². The number of nitrogens with one attached hydrogen (secondary N) is 1. The van der Waals surface area contributed by atoms with Gasteiger partial charge < -0.3 is 10.2 Å². The summed E-state index contributed by atoms with van der Waals surface area (Å²) in [6.07, 6.45) is 4.07. The number of amides is 2. The van der Waals surface area contributed by atoms with Gasteiger partial charge in [-0.1, -0.05) is 18.2 Å². The maximum atomic E-state index is 12.2. The van der Waals surface area contributed by atoms with Crippen LogP contribution in [0.2, 0.25) is 0 Å². The molecule has 1 N–H and O–H groups in total. The lowest BCUT2D eigenvalue weighted by molar-refractivity contribution is 0.203. The minimum Gasteiger partial charge on any atom is -0.334 e. The fraction of sp³-hybridized carbons (Fsp3) is 0.375. The van der Waals surface area contributed by atoms with Crippen LogP contribution >= 0.6 is 0 Å². The molecule has 0 radical (unpaired) electrons. The molecular weight excluding hydrogens is 328 g/mol. The van der Waals surface area contributed by atoms with E-state index in [0.717, 1.165) is 11.3 Å². The van der Waals surface area contributed by atoms with Gasteiger partial charge in [0.1, 0.15) is 0 Å². The third-order valence-electron chi connectivity index (χ3n) is 3.98. The van der Waals surface area contributed by atoms with Gasteiger partial charge in [-0.25, -0.2) is 17.9 Å². The number of urea groups is 1. The van der Waals surface area contributed by atoms with Crippen molar-refractivity contribution >= 4 is 15.9 Å². The Bertz CT molecular complexity index is 817. The predicted octanol–water partition coefficient (Wildman–Crippen LogP) is 1.20. The highest BCUT2D eigenvalue weighted by molar-refractivity contribution is 7.91. The Morgan fingerprint density at radius 2 is 2.12 bits per heavy atom. The van der Waals surface area contributed by atoms with Crippen LogP contribution < -0.4 is 5.32 Å². The SMILES string of the molecule is CN(Cc1cnn(-c2ccccc2)c1)C(=O)NC1CCS(=O)(=O)C1. The maximum absolute atomic E-state index is 12.2. The largest absolute Gasteiger partial charge is 0.334 e. The molecule has 1 aliphatic rings. The molecule has 0 aliphatic carbocycles. The maximum Gasteiger partial charge on any atom is 0.317 e. The van der Waals surface area contributed by atoms with Crippen molar-refractivity contribution in [1.82, 2.24) is 20.0 Å². The zero-order valence-electron chi connectivity index (χ0n) is 13.4. The summed E-state index contributed by atoms with van der Waals surface area (Å²) in [6, 6.07) is 9.15. The Morgan fingerprint density at radius 1 is 1.38 bits per heavy atom. The van der Waals surface area contributed by atoms with Crippen molar-refractivity contribution in [1.29, 1.82) is 0 Å². The van der Waals surface area contributed by atoms with E-state index in [-0.39, 0.29) is 23.6 Å². The van der Waals surface area contributed by atoms with Gasteiger partial charge in [-0.05, 0) is 18.6 Å². The molecule has 8 heteroatoms. The van der Waals surface area contributed by atoms with Crippen molar-refractivity contribution in [3.05, 3.63) is 48.3 Å². The Morgan fingerprint density at radius 3 is 2.79 bits per heavy atom. The van der Waals surface area contributed by atoms with Gasteiger partial charge in [0.25, 0.3) is 0 Å². The first-order valence-corrected chi connectivity index (χ1v) is 9.56. The van der Waals surface area contributed by atoms with Gasteiger partial charge in [-0.3, -0.25) is 0 Å². The molecule has 3 rings (SSSR count). The average molecular weight is 348 g/mol. The van der Waals surface area contributed by atoms with E-state index in [1.54, 1.807) is 17.9 Å². The number of carbonyl (C=O) groups is 1. The zero-order valence-corrected chi connectivity index (χ0v) is 14.2. The average Bonchev–Trinajstić information content (AvgIpc) is 3.14. The Kier molecular flexibility index (Phi) is 4.57. The number of rotatable bonds is 4. The summed E-state index contributed by atoms with van der Waals surface area (Å²) in [6.45, 7) is 0.401.